The van der Waals surface area contributed by atoms with Crippen LogP contribution in [0.2, 0.25) is 5.02 Å². The van der Waals surface area contributed by atoms with Crippen molar-refractivity contribution in [3.05, 3.63) is 75.0 Å². The summed E-state index contributed by atoms with van der Waals surface area (Å²) in [5.74, 6) is 0.233. The Balaban J connectivity index is 1.48. The number of aryl methyl sites for hydroxylation is 1. The zero-order chi connectivity index (χ0) is 27.5. The minimum absolute atomic E-state index is 0.00226. The van der Waals surface area contributed by atoms with Crippen molar-refractivity contribution < 1.29 is 9.59 Å². The monoisotopic (exact) mass is 564 g/mol. The van der Waals surface area contributed by atoms with Crippen LogP contribution in [0.15, 0.2) is 41.8 Å². The van der Waals surface area contributed by atoms with Gasteiger partial charge in [0.1, 0.15) is 5.82 Å². The van der Waals surface area contributed by atoms with Crippen LogP contribution < -0.4 is 11.1 Å². The fourth-order valence-corrected chi connectivity index (χ4v) is 6.13. The van der Waals surface area contributed by atoms with Crippen LogP contribution in [-0.2, 0) is 12.8 Å². The van der Waals surface area contributed by atoms with E-state index in [4.69, 9.17) is 27.3 Å². The summed E-state index contributed by atoms with van der Waals surface area (Å²) in [6.45, 7) is 5.68. The standard InChI is InChI=1S/C29H33ClN6O2S/c1-17(2)32-29-33-22(16-39-29)8-5-19(27-34-24-10-7-21(30)15-25(24)35-27)14-20-13-18(26(31)37)6-9-23(20)28(38)36-11-3-4-12-36/h6-7,9-10,13,15-17,19H,3-5,8,11-12,14H2,1-2H3,(H2,31,37)(H,32,33)(H,34,35)/t19-/m0/s1. The Morgan fingerprint density at radius 2 is 1.95 bits per heavy atom. The Morgan fingerprint density at radius 1 is 1.15 bits per heavy atom. The summed E-state index contributed by atoms with van der Waals surface area (Å²) in [4.78, 5) is 40.5. The Hall–Kier alpha value is -3.43. The summed E-state index contributed by atoms with van der Waals surface area (Å²) in [5, 5.41) is 6.98. The summed E-state index contributed by atoms with van der Waals surface area (Å²) in [5.41, 5.74) is 10.1. The number of nitrogens with zero attached hydrogens (tertiary/aromatic N) is 3. The Kier molecular flexibility index (Phi) is 8.18. The number of primary amides is 1. The first kappa shape index (κ1) is 27.1. The molecule has 0 unspecified atom stereocenters. The third-order valence-corrected chi connectivity index (χ3v) is 8.10. The molecule has 8 nitrogen and oxygen atoms in total. The minimum Gasteiger partial charge on any atom is -0.366 e. The number of aromatic nitrogens is 3. The van der Waals surface area contributed by atoms with Crippen LogP contribution in [-0.4, -0.2) is 50.8 Å². The second-order valence-electron chi connectivity index (χ2n) is 10.4. The quantitative estimate of drug-likeness (QED) is 0.225. The highest BCUT2D eigenvalue weighted by atomic mass is 35.5. The van der Waals surface area contributed by atoms with E-state index in [1.807, 2.05) is 23.1 Å². The molecule has 39 heavy (non-hydrogen) atoms. The van der Waals surface area contributed by atoms with Gasteiger partial charge in [-0.2, -0.15) is 0 Å². The lowest BCUT2D eigenvalue weighted by atomic mass is 9.89. The van der Waals surface area contributed by atoms with Crippen LogP contribution in [0.4, 0.5) is 5.13 Å². The first-order chi connectivity index (χ1) is 18.8. The molecule has 5 rings (SSSR count). The molecule has 2 aromatic heterocycles. The van der Waals surface area contributed by atoms with Gasteiger partial charge in [0, 0.05) is 46.6 Å². The molecule has 1 fully saturated rings. The SMILES string of the molecule is CC(C)Nc1nc(CC[C@@H](Cc2cc(C(N)=O)ccc2C(=O)N2CCCC2)c2nc3ccc(Cl)cc3[nH]2)cs1. The van der Waals surface area contributed by atoms with Gasteiger partial charge in [0.05, 0.1) is 16.7 Å². The maximum absolute atomic E-state index is 13.5. The molecule has 1 aliphatic heterocycles. The lowest BCUT2D eigenvalue weighted by Crippen LogP contribution is -2.29. The number of hydrogen-bond acceptors (Lipinski definition) is 6. The predicted octanol–water partition coefficient (Wildman–Crippen LogP) is 5.79. The predicted molar refractivity (Wildman–Crippen MR) is 157 cm³/mol. The molecule has 0 aliphatic carbocycles. The molecule has 2 amide bonds. The number of carbonyl (C=O) groups is 2. The van der Waals surface area contributed by atoms with Gasteiger partial charge < -0.3 is 20.9 Å². The first-order valence-corrected chi connectivity index (χ1v) is 14.6. The van der Waals surface area contributed by atoms with E-state index in [9.17, 15) is 9.59 Å². The number of carbonyl (C=O) groups excluding carboxylic acids is 2. The number of amides is 2. The third-order valence-electron chi connectivity index (χ3n) is 7.04. The molecule has 0 saturated carbocycles. The van der Waals surface area contributed by atoms with Gasteiger partial charge in [-0.25, -0.2) is 9.97 Å². The molecular formula is C29H33ClN6O2S. The maximum atomic E-state index is 13.5. The smallest absolute Gasteiger partial charge is 0.254 e. The van der Waals surface area contributed by atoms with Gasteiger partial charge in [0.2, 0.25) is 5.91 Å². The summed E-state index contributed by atoms with van der Waals surface area (Å²) in [6.07, 6.45) is 4.02. The summed E-state index contributed by atoms with van der Waals surface area (Å²) < 4.78 is 0. The van der Waals surface area contributed by atoms with E-state index in [1.54, 1.807) is 29.5 Å². The van der Waals surface area contributed by atoms with Crippen LogP contribution in [0.25, 0.3) is 11.0 Å². The number of likely N-dealkylation sites (tertiary alicyclic amines) is 1. The van der Waals surface area contributed by atoms with Crippen molar-refractivity contribution in [2.75, 3.05) is 18.4 Å². The van der Waals surface area contributed by atoms with Crippen molar-refractivity contribution in [2.45, 2.75) is 57.9 Å². The van der Waals surface area contributed by atoms with E-state index in [2.05, 4.69) is 29.5 Å². The number of thiazole rings is 1. The van der Waals surface area contributed by atoms with E-state index < -0.39 is 5.91 Å². The van der Waals surface area contributed by atoms with E-state index in [0.717, 1.165) is 72.0 Å². The highest BCUT2D eigenvalue weighted by Gasteiger charge is 2.25. The number of imidazole rings is 1. The van der Waals surface area contributed by atoms with Gasteiger partial charge in [0.25, 0.3) is 5.91 Å². The molecule has 0 radical (unpaired) electrons. The largest absolute Gasteiger partial charge is 0.366 e. The number of nitrogens with two attached hydrogens (primary N) is 1. The highest BCUT2D eigenvalue weighted by molar-refractivity contribution is 7.13. The Morgan fingerprint density at radius 3 is 2.69 bits per heavy atom. The molecule has 204 valence electrons. The van der Waals surface area contributed by atoms with Crippen molar-refractivity contribution in [1.29, 1.82) is 0 Å². The summed E-state index contributed by atoms with van der Waals surface area (Å²) in [6, 6.07) is 11.1. The molecule has 0 spiro atoms. The number of anilines is 1. The van der Waals surface area contributed by atoms with Crippen LogP contribution in [0.3, 0.4) is 0 Å². The summed E-state index contributed by atoms with van der Waals surface area (Å²) >= 11 is 7.83. The average Bonchev–Trinajstić information content (AvgIpc) is 3.66. The molecule has 4 aromatic rings. The topological polar surface area (TPSA) is 117 Å². The van der Waals surface area contributed by atoms with Crippen LogP contribution in [0, 0.1) is 0 Å². The van der Waals surface area contributed by atoms with E-state index in [0.29, 0.717) is 28.6 Å². The van der Waals surface area contributed by atoms with Crippen molar-refractivity contribution in [3.63, 3.8) is 0 Å². The lowest BCUT2D eigenvalue weighted by molar-refractivity contribution is 0.0791. The number of rotatable bonds is 10. The maximum Gasteiger partial charge on any atom is 0.254 e. The highest BCUT2D eigenvalue weighted by Crippen LogP contribution is 2.30. The molecular weight excluding hydrogens is 532 g/mol. The number of fused-ring (bicyclic) bond motifs is 1. The molecule has 1 saturated heterocycles. The number of hydrogen-bond donors (Lipinski definition) is 3. The van der Waals surface area contributed by atoms with Gasteiger partial charge in [-0.05, 0) is 87.9 Å². The number of H-pyrrole nitrogens is 1. The number of nitrogens with one attached hydrogen (secondary N) is 2. The second-order valence-corrected chi connectivity index (χ2v) is 11.7. The van der Waals surface area contributed by atoms with Gasteiger partial charge in [-0.15, -0.1) is 11.3 Å². The minimum atomic E-state index is -0.515. The molecule has 10 heteroatoms. The van der Waals surface area contributed by atoms with Crippen LogP contribution >= 0.6 is 22.9 Å². The van der Waals surface area contributed by atoms with Crippen molar-refractivity contribution in [1.82, 2.24) is 19.9 Å². The van der Waals surface area contributed by atoms with Crippen LogP contribution in [0.5, 0.6) is 0 Å². The van der Waals surface area contributed by atoms with Crippen molar-refractivity contribution >= 4 is 50.9 Å². The normalized spacial score (nSPS) is 14.3. The molecule has 0 bridgehead atoms. The number of aromatic amines is 1. The Bertz CT molecular complexity index is 1490. The van der Waals surface area contributed by atoms with E-state index in [1.165, 1.54) is 0 Å². The molecule has 1 atom stereocenters. The van der Waals surface area contributed by atoms with Gasteiger partial charge in [0.15, 0.2) is 5.13 Å². The van der Waals surface area contributed by atoms with Crippen molar-refractivity contribution in [3.8, 4) is 0 Å². The van der Waals surface area contributed by atoms with Gasteiger partial charge in [-0.3, -0.25) is 9.59 Å². The molecule has 3 heterocycles. The van der Waals surface area contributed by atoms with E-state index >= 15 is 0 Å². The lowest BCUT2D eigenvalue weighted by Gasteiger charge is -2.21. The fourth-order valence-electron chi connectivity index (χ4n) is 5.07. The van der Waals surface area contributed by atoms with Gasteiger partial charge >= 0.3 is 0 Å². The van der Waals surface area contributed by atoms with Crippen LogP contribution in [0.1, 0.15) is 76.8 Å². The Labute approximate surface area is 237 Å². The zero-order valence-electron chi connectivity index (χ0n) is 22.2. The molecule has 1 aliphatic rings. The second kappa shape index (κ2) is 11.8. The van der Waals surface area contributed by atoms with Gasteiger partial charge in [-0.1, -0.05) is 11.6 Å². The fraction of sp³-hybridized carbons (Fsp3) is 0.379. The molecule has 4 N–H and O–H groups in total. The van der Waals surface area contributed by atoms with E-state index in [-0.39, 0.29) is 11.8 Å². The number of halogens is 1. The third kappa shape index (κ3) is 6.42. The average molecular weight is 565 g/mol. The van der Waals surface area contributed by atoms with Crippen molar-refractivity contribution in [2.24, 2.45) is 5.73 Å². The number of benzene rings is 2. The summed E-state index contributed by atoms with van der Waals surface area (Å²) in [7, 11) is 0. The molecule has 2 aromatic carbocycles. The zero-order valence-corrected chi connectivity index (χ0v) is 23.7. The first-order valence-electron chi connectivity index (χ1n) is 13.3.